The number of carbonyl (C=O) groups is 2. The lowest BCUT2D eigenvalue weighted by Gasteiger charge is -2.24. The molecule has 2 aromatic heterocycles. The van der Waals surface area contributed by atoms with E-state index in [9.17, 15) is 14.0 Å². The average Bonchev–Trinajstić information content (AvgIpc) is 3.38. The highest BCUT2D eigenvalue weighted by Crippen LogP contribution is 2.32. The SMILES string of the molecule is CC(C)(C)OC(=O)N[C@H](COC(=O)Nc1ncc(-c2ccc3cnc(F)cc3c2)s1)Cc1ccc2c(c1)OCCO2. The van der Waals surface area contributed by atoms with Crippen LogP contribution in [-0.2, 0) is 15.9 Å². The minimum Gasteiger partial charge on any atom is -0.486 e. The van der Waals surface area contributed by atoms with Crippen LogP contribution in [0, 0.1) is 5.95 Å². The largest absolute Gasteiger partial charge is 0.486 e. The molecule has 12 heteroatoms. The van der Waals surface area contributed by atoms with Crippen LogP contribution in [0.1, 0.15) is 26.3 Å². The summed E-state index contributed by atoms with van der Waals surface area (Å²) in [5, 5.41) is 7.26. The molecule has 1 aliphatic heterocycles. The van der Waals surface area contributed by atoms with Crippen molar-refractivity contribution >= 4 is 39.4 Å². The van der Waals surface area contributed by atoms with E-state index in [2.05, 4.69) is 20.6 Å². The van der Waals surface area contributed by atoms with Crippen molar-refractivity contribution in [3.05, 3.63) is 66.4 Å². The molecule has 0 saturated heterocycles. The molecule has 1 aliphatic rings. The number of hydrogen-bond acceptors (Lipinski definition) is 9. The molecular weight excluding hydrogens is 551 g/mol. The number of alkyl carbamates (subject to hydrolysis) is 1. The van der Waals surface area contributed by atoms with E-state index in [0.29, 0.717) is 41.7 Å². The number of benzene rings is 2. The van der Waals surface area contributed by atoms with E-state index < -0.39 is 29.8 Å². The van der Waals surface area contributed by atoms with Crippen molar-refractivity contribution in [3.63, 3.8) is 0 Å². The fourth-order valence-electron chi connectivity index (χ4n) is 4.16. The normalized spacial score (nSPS) is 13.4. The Balaban J connectivity index is 1.22. The molecule has 10 nitrogen and oxygen atoms in total. The Hall–Kier alpha value is -4.45. The van der Waals surface area contributed by atoms with Gasteiger partial charge in [0.25, 0.3) is 0 Å². The Bertz CT molecular complexity index is 1570. The number of ether oxygens (including phenoxy) is 4. The van der Waals surface area contributed by atoms with Gasteiger partial charge in [-0.05, 0) is 61.9 Å². The number of anilines is 1. The van der Waals surface area contributed by atoms with Gasteiger partial charge in [0.05, 0.1) is 10.9 Å². The third-order valence-electron chi connectivity index (χ3n) is 5.91. The van der Waals surface area contributed by atoms with E-state index in [1.54, 1.807) is 27.0 Å². The van der Waals surface area contributed by atoms with Gasteiger partial charge in [0.15, 0.2) is 16.6 Å². The molecular formula is C29H29FN4O6S. The number of fused-ring (bicyclic) bond motifs is 2. The van der Waals surface area contributed by atoms with Crippen LogP contribution in [0.4, 0.5) is 19.1 Å². The van der Waals surface area contributed by atoms with Gasteiger partial charge in [-0.2, -0.15) is 4.39 Å². The van der Waals surface area contributed by atoms with E-state index in [4.69, 9.17) is 18.9 Å². The molecule has 0 saturated carbocycles. The quantitative estimate of drug-likeness (QED) is 0.257. The summed E-state index contributed by atoms with van der Waals surface area (Å²) in [5.74, 6) is 0.719. The fourth-order valence-corrected chi connectivity index (χ4v) is 4.96. The van der Waals surface area contributed by atoms with Gasteiger partial charge in [-0.15, -0.1) is 0 Å². The van der Waals surface area contributed by atoms with Crippen LogP contribution in [-0.4, -0.2) is 53.6 Å². The average molecular weight is 581 g/mol. The van der Waals surface area contributed by atoms with Gasteiger partial charge >= 0.3 is 12.2 Å². The van der Waals surface area contributed by atoms with Crippen molar-refractivity contribution in [2.24, 2.45) is 0 Å². The summed E-state index contributed by atoms with van der Waals surface area (Å²) < 4.78 is 35.6. The maximum absolute atomic E-state index is 13.6. The number of halogens is 1. The van der Waals surface area contributed by atoms with Crippen LogP contribution < -0.4 is 20.1 Å². The molecule has 5 rings (SSSR count). The first kappa shape index (κ1) is 28.1. The highest BCUT2D eigenvalue weighted by atomic mass is 32.1. The Labute approximate surface area is 239 Å². The molecule has 0 spiro atoms. The van der Waals surface area contributed by atoms with Crippen LogP contribution in [0.5, 0.6) is 11.5 Å². The van der Waals surface area contributed by atoms with Gasteiger partial charge in [-0.25, -0.2) is 19.6 Å². The molecule has 4 aromatic rings. The minimum atomic E-state index is -0.726. The summed E-state index contributed by atoms with van der Waals surface area (Å²) in [5.41, 5.74) is 0.987. The summed E-state index contributed by atoms with van der Waals surface area (Å²) in [6.45, 7) is 6.11. The molecule has 0 aliphatic carbocycles. The first-order chi connectivity index (χ1) is 19.6. The van der Waals surface area contributed by atoms with E-state index in [-0.39, 0.29) is 6.61 Å². The Kier molecular flexibility index (Phi) is 8.20. The summed E-state index contributed by atoms with van der Waals surface area (Å²) in [6, 6.07) is 11.9. The lowest BCUT2D eigenvalue weighted by atomic mass is 10.1. The maximum Gasteiger partial charge on any atom is 0.413 e. The lowest BCUT2D eigenvalue weighted by Crippen LogP contribution is -2.43. The second-order valence-electron chi connectivity index (χ2n) is 10.3. The number of amides is 2. The number of nitrogens with one attached hydrogen (secondary N) is 2. The number of nitrogens with zero attached hydrogens (tertiary/aromatic N) is 2. The molecule has 0 unspecified atom stereocenters. The second-order valence-corrected chi connectivity index (χ2v) is 11.4. The highest BCUT2D eigenvalue weighted by Gasteiger charge is 2.22. The monoisotopic (exact) mass is 580 g/mol. The molecule has 0 radical (unpaired) electrons. The van der Waals surface area contributed by atoms with Crippen LogP contribution >= 0.6 is 11.3 Å². The van der Waals surface area contributed by atoms with Crippen LogP contribution in [0.15, 0.2) is 54.9 Å². The fraction of sp³-hybridized carbons (Fsp3) is 0.310. The summed E-state index contributed by atoms with van der Waals surface area (Å²) >= 11 is 1.25. The second kappa shape index (κ2) is 12.0. The molecule has 2 N–H and O–H groups in total. The van der Waals surface area contributed by atoms with Gasteiger partial charge < -0.3 is 24.3 Å². The van der Waals surface area contributed by atoms with Crippen molar-refractivity contribution < 1.29 is 32.9 Å². The third-order valence-corrected chi connectivity index (χ3v) is 6.87. The van der Waals surface area contributed by atoms with E-state index in [1.807, 2.05) is 36.4 Å². The summed E-state index contributed by atoms with van der Waals surface area (Å²) in [7, 11) is 0. The molecule has 3 heterocycles. The first-order valence-corrected chi connectivity index (χ1v) is 13.8. The summed E-state index contributed by atoms with van der Waals surface area (Å²) in [6.07, 6.45) is 2.09. The van der Waals surface area contributed by atoms with Gasteiger partial charge in [-0.1, -0.05) is 29.5 Å². The summed E-state index contributed by atoms with van der Waals surface area (Å²) in [4.78, 5) is 33.8. The van der Waals surface area contributed by atoms with Crippen molar-refractivity contribution in [1.82, 2.24) is 15.3 Å². The third kappa shape index (κ3) is 7.60. The van der Waals surface area contributed by atoms with Gasteiger partial charge in [0.2, 0.25) is 5.95 Å². The Morgan fingerprint density at radius 3 is 2.61 bits per heavy atom. The first-order valence-electron chi connectivity index (χ1n) is 12.9. The smallest absolute Gasteiger partial charge is 0.413 e. The van der Waals surface area contributed by atoms with Crippen LogP contribution in [0.25, 0.3) is 21.2 Å². The number of carbonyl (C=O) groups excluding carboxylic acids is 2. The number of rotatable bonds is 7. The number of hydrogen-bond donors (Lipinski definition) is 2. The zero-order valence-corrected chi connectivity index (χ0v) is 23.5. The minimum absolute atomic E-state index is 0.123. The Morgan fingerprint density at radius 2 is 1.80 bits per heavy atom. The zero-order chi connectivity index (χ0) is 29.0. The molecule has 0 fully saturated rings. The van der Waals surface area contributed by atoms with E-state index in [1.165, 1.54) is 23.6 Å². The van der Waals surface area contributed by atoms with Gasteiger partial charge in [0, 0.05) is 23.8 Å². The molecule has 2 amide bonds. The predicted octanol–water partition coefficient (Wildman–Crippen LogP) is 5.95. The van der Waals surface area contributed by atoms with Crippen molar-refractivity contribution in [3.8, 4) is 21.9 Å². The molecule has 1 atom stereocenters. The van der Waals surface area contributed by atoms with Crippen LogP contribution in [0.3, 0.4) is 0 Å². The van der Waals surface area contributed by atoms with E-state index in [0.717, 1.165) is 21.4 Å². The van der Waals surface area contributed by atoms with Gasteiger partial charge in [0.1, 0.15) is 25.4 Å². The van der Waals surface area contributed by atoms with Crippen molar-refractivity contribution in [1.29, 1.82) is 0 Å². The van der Waals surface area contributed by atoms with Gasteiger partial charge in [-0.3, -0.25) is 5.32 Å². The standard InChI is InChI=1S/C29H29FN4O6S/c1-29(2,3)40-28(36)33-21(10-17-4-7-22-23(11-17)38-9-8-37-22)16-39-27(35)34-26-32-15-24(41-26)18-5-6-19-14-31-25(30)13-20(19)12-18/h4-7,11-15,21H,8-10,16H2,1-3H3,(H,33,36)(H,32,34,35)/t21-/m0/s1. The highest BCUT2D eigenvalue weighted by molar-refractivity contribution is 7.19. The number of aromatic nitrogens is 2. The van der Waals surface area contributed by atoms with Crippen molar-refractivity contribution in [2.45, 2.75) is 38.8 Å². The molecule has 0 bridgehead atoms. The number of thiazole rings is 1. The maximum atomic E-state index is 13.6. The molecule has 214 valence electrons. The zero-order valence-electron chi connectivity index (χ0n) is 22.7. The predicted molar refractivity (Wildman–Crippen MR) is 152 cm³/mol. The van der Waals surface area contributed by atoms with Crippen LogP contribution in [0.2, 0.25) is 0 Å². The molecule has 41 heavy (non-hydrogen) atoms. The van der Waals surface area contributed by atoms with E-state index >= 15 is 0 Å². The topological polar surface area (TPSA) is 121 Å². The number of pyridine rings is 1. The van der Waals surface area contributed by atoms with Crippen molar-refractivity contribution in [2.75, 3.05) is 25.1 Å². The molecule has 2 aromatic carbocycles. The Morgan fingerprint density at radius 1 is 1.00 bits per heavy atom. The lowest BCUT2D eigenvalue weighted by molar-refractivity contribution is 0.0475.